The molecule has 1 amide bonds. The topological polar surface area (TPSA) is 118 Å². The smallest absolute Gasteiger partial charge is 0.232 e. The Morgan fingerprint density at radius 1 is 1.35 bits per heavy atom. The Morgan fingerprint density at radius 3 is 2.74 bits per heavy atom. The first-order valence-corrected chi connectivity index (χ1v) is 10.8. The molecule has 2 unspecified atom stereocenters. The molecule has 0 radical (unpaired) electrons. The van der Waals surface area contributed by atoms with E-state index in [1.807, 2.05) is 41.2 Å². The van der Waals surface area contributed by atoms with Gasteiger partial charge in [0.05, 0.1) is 35.9 Å². The van der Waals surface area contributed by atoms with Crippen molar-refractivity contribution in [1.29, 1.82) is 5.26 Å². The number of hydrogen-bond acceptors (Lipinski definition) is 7. The number of benzene rings is 1. The van der Waals surface area contributed by atoms with E-state index in [-0.39, 0.29) is 5.91 Å². The molecule has 160 valence electrons. The lowest BCUT2D eigenvalue weighted by atomic mass is 9.91. The molecular weight excluding hydrogens is 418 g/mol. The lowest BCUT2D eigenvalue weighted by Crippen LogP contribution is -2.66. The molecule has 8 nitrogen and oxygen atoms in total. The largest absolute Gasteiger partial charge is 0.548 e. The molecule has 1 aromatic heterocycles. The van der Waals surface area contributed by atoms with Gasteiger partial charge in [-0.05, 0) is 37.3 Å². The van der Waals surface area contributed by atoms with Crippen molar-refractivity contribution >= 4 is 23.6 Å². The molecule has 0 spiro atoms. The van der Waals surface area contributed by atoms with E-state index in [1.165, 1.54) is 23.6 Å². The third-order valence-electron chi connectivity index (χ3n) is 5.46. The number of pyridine rings is 1. The van der Waals surface area contributed by atoms with Crippen LogP contribution in [0, 0.1) is 17.2 Å². The fourth-order valence-corrected chi connectivity index (χ4v) is 5.66. The van der Waals surface area contributed by atoms with Crippen LogP contribution in [0.2, 0.25) is 0 Å². The molecule has 1 aromatic carbocycles. The van der Waals surface area contributed by atoms with Crippen LogP contribution in [-0.2, 0) is 22.6 Å². The molecule has 31 heavy (non-hydrogen) atoms. The van der Waals surface area contributed by atoms with Gasteiger partial charge in [0, 0.05) is 17.2 Å². The van der Waals surface area contributed by atoms with Crippen LogP contribution in [0.25, 0.3) is 0 Å². The minimum absolute atomic E-state index is 0.350. The Bertz CT molecular complexity index is 1040. The number of nitrogens with zero attached hydrogens (tertiary/aromatic N) is 3. The van der Waals surface area contributed by atoms with Crippen molar-refractivity contribution < 1.29 is 29.1 Å². The number of carbonyl (C=O) groups is 2. The van der Waals surface area contributed by atoms with E-state index in [4.69, 9.17) is 10.00 Å². The molecule has 2 aromatic rings. The minimum atomic E-state index is -1.37. The number of hydrogen-bond donors (Lipinski definition) is 1. The number of carboxylic acids is 1. The van der Waals surface area contributed by atoms with E-state index >= 15 is 0 Å². The van der Waals surface area contributed by atoms with Gasteiger partial charge in [-0.25, -0.2) is 4.57 Å². The highest BCUT2D eigenvalue weighted by molar-refractivity contribution is 8.00. The van der Waals surface area contributed by atoms with Crippen molar-refractivity contribution in [3.8, 4) is 11.8 Å². The molecule has 0 saturated carbocycles. The van der Waals surface area contributed by atoms with E-state index in [2.05, 4.69) is 6.07 Å². The summed E-state index contributed by atoms with van der Waals surface area (Å²) < 4.78 is 7.87. The van der Waals surface area contributed by atoms with Crippen LogP contribution in [0.1, 0.15) is 18.1 Å². The zero-order valence-corrected chi connectivity index (χ0v) is 17.6. The van der Waals surface area contributed by atoms with Crippen LogP contribution >= 0.6 is 11.8 Å². The molecule has 3 heterocycles. The Labute approximate surface area is 183 Å². The van der Waals surface area contributed by atoms with E-state index in [9.17, 15) is 19.8 Å². The molecule has 2 saturated heterocycles. The molecule has 0 aliphatic carbocycles. The monoisotopic (exact) mass is 439 g/mol. The Balaban J connectivity index is 1.44. The lowest BCUT2D eigenvalue weighted by molar-refractivity contribution is -0.688. The highest BCUT2D eigenvalue weighted by atomic mass is 32.2. The average Bonchev–Trinajstić information content (AvgIpc) is 3.04. The number of aliphatic carboxylic acids is 1. The summed E-state index contributed by atoms with van der Waals surface area (Å²) in [5.41, 5.74) is 1.13. The van der Waals surface area contributed by atoms with Gasteiger partial charge >= 0.3 is 0 Å². The maximum absolute atomic E-state index is 12.3. The van der Waals surface area contributed by atoms with Crippen molar-refractivity contribution in [1.82, 2.24) is 4.90 Å². The first-order chi connectivity index (χ1) is 14.9. The molecule has 2 aliphatic rings. The summed E-state index contributed by atoms with van der Waals surface area (Å²) in [7, 11) is 0. The summed E-state index contributed by atoms with van der Waals surface area (Å²) >= 11 is 1.22. The quantitative estimate of drug-likeness (QED) is 0.470. The second kappa shape index (κ2) is 8.57. The van der Waals surface area contributed by atoms with Gasteiger partial charge in [-0.2, -0.15) is 5.26 Å². The molecule has 5 atom stereocenters. The first-order valence-electron chi connectivity index (χ1n) is 9.86. The van der Waals surface area contributed by atoms with Gasteiger partial charge in [0.15, 0.2) is 24.4 Å². The van der Waals surface area contributed by atoms with Crippen LogP contribution in [0.5, 0.6) is 5.75 Å². The van der Waals surface area contributed by atoms with Crippen molar-refractivity contribution in [3.63, 3.8) is 0 Å². The zero-order chi connectivity index (χ0) is 22.1. The predicted molar refractivity (Wildman–Crippen MR) is 108 cm³/mol. The second-order valence-electron chi connectivity index (χ2n) is 7.65. The van der Waals surface area contributed by atoms with Gasteiger partial charge in [-0.1, -0.05) is 11.8 Å². The van der Waals surface area contributed by atoms with E-state index < -0.39 is 34.8 Å². The van der Waals surface area contributed by atoms with Crippen LogP contribution in [0.3, 0.4) is 0 Å². The van der Waals surface area contributed by atoms with Gasteiger partial charge < -0.3 is 24.6 Å². The van der Waals surface area contributed by atoms with Crippen LogP contribution in [0.4, 0.5) is 0 Å². The van der Waals surface area contributed by atoms with E-state index in [1.54, 1.807) is 12.1 Å². The second-order valence-corrected chi connectivity index (χ2v) is 8.87. The SMILES string of the molecule is C[C@@H](O)[C@H]1C(=O)N2C(C(=O)[O-])C(Oc3ccc(C[n+]4cccc(CC#N)c4)cc3)S[C@H]12. The number of nitriles is 1. The number of carbonyl (C=O) groups excluding carboxylic acids is 2. The molecule has 1 N–H and O–H groups in total. The fourth-order valence-electron chi connectivity index (χ4n) is 3.95. The number of ether oxygens (including phenoxy) is 1. The zero-order valence-electron chi connectivity index (χ0n) is 16.7. The summed E-state index contributed by atoms with van der Waals surface area (Å²) in [5.74, 6) is -1.91. The first kappa shape index (κ1) is 21.2. The molecule has 2 aliphatic heterocycles. The molecule has 2 fully saturated rings. The Hall–Kier alpha value is -3.09. The van der Waals surface area contributed by atoms with Crippen molar-refractivity contribution in [2.75, 3.05) is 0 Å². The number of β-lactam (4-membered cyclic amide) rings is 1. The van der Waals surface area contributed by atoms with E-state index in [0.29, 0.717) is 18.7 Å². The highest BCUT2D eigenvalue weighted by Crippen LogP contribution is 2.49. The van der Waals surface area contributed by atoms with Gasteiger partial charge in [0.1, 0.15) is 11.8 Å². The molecule has 9 heteroatoms. The van der Waals surface area contributed by atoms with Gasteiger partial charge in [-0.3, -0.25) is 4.79 Å². The van der Waals surface area contributed by atoms with Crippen LogP contribution < -0.4 is 14.4 Å². The average molecular weight is 439 g/mol. The minimum Gasteiger partial charge on any atom is -0.548 e. The van der Waals surface area contributed by atoms with Crippen LogP contribution in [0.15, 0.2) is 48.8 Å². The number of aliphatic hydroxyl groups excluding tert-OH is 1. The van der Waals surface area contributed by atoms with Crippen molar-refractivity contribution in [2.24, 2.45) is 5.92 Å². The number of thioether (sulfide) groups is 1. The van der Waals surface area contributed by atoms with Gasteiger partial charge in [0.25, 0.3) is 0 Å². The molecular formula is C22H21N3O5S. The Kier molecular flexibility index (Phi) is 5.85. The number of amides is 1. The third kappa shape index (κ3) is 4.09. The summed E-state index contributed by atoms with van der Waals surface area (Å²) in [6.07, 6.45) is 3.34. The summed E-state index contributed by atoms with van der Waals surface area (Å²) in [6.45, 7) is 2.13. The molecule has 0 bridgehead atoms. The van der Waals surface area contributed by atoms with Crippen LogP contribution in [-0.4, -0.2) is 44.8 Å². The van der Waals surface area contributed by atoms with Crippen molar-refractivity contribution in [3.05, 3.63) is 59.9 Å². The third-order valence-corrected chi connectivity index (χ3v) is 6.88. The summed E-state index contributed by atoms with van der Waals surface area (Å²) in [4.78, 5) is 25.2. The summed E-state index contributed by atoms with van der Waals surface area (Å²) in [6, 6.07) is 12.0. The number of carboxylic acid groups (broad SMARTS) is 1. The number of fused-ring (bicyclic) bond motifs is 1. The normalized spacial score (nSPS) is 25.3. The lowest BCUT2D eigenvalue weighted by Gasteiger charge is -2.45. The van der Waals surface area contributed by atoms with E-state index in [0.717, 1.165) is 11.1 Å². The number of aliphatic hydroxyl groups is 1. The number of aromatic nitrogens is 1. The number of rotatable bonds is 7. The molecule has 4 rings (SSSR count). The highest BCUT2D eigenvalue weighted by Gasteiger charge is 2.61. The van der Waals surface area contributed by atoms with Crippen molar-refractivity contribution in [2.45, 2.75) is 42.8 Å². The van der Waals surface area contributed by atoms with Gasteiger partial charge in [0.2, 0.25) is 5.91 Å². The summed E-state index contributed by atoms with van der Waals surface area (Å²) in [5, 5.41) is 29.9. The van der Waals surface area contributed by atoms with Gasteiger partial charge in [-0.15, -0.1) is 0 Å². The standard InChI is InChI=1S/C22H21N3O5S/c1-13(26)17-19(27)25-18(21(28)29)22(31-20(17)25)30-16-6-4-15(5-7-16)12-24-10-2-3-14(11-24)8-9-23/h2-7,10-11,13,17-18,20,22,26H,8,12H2,1H3/t13-,17+,18?,20-,22?/m1/s1. The maximum atomic E-state index is 12.3. The fraction of sp³-hybridized carbons (Fsp3) is 0.364. The Morgan fingerprint density at radius 2 is 2.10 bits per heavy atom. The maximum Gasteiger partial charge on any atom is 0.232 e. The predicted octanol–water partition coefficient (Wildman–Crippen LogP) is -0.176.